The van der Waals surface area contributed by atoms with Crippen molar-refractivity contribution in [3.05, 3.63) is 101 Å². The molecule has 0 aliphatic heterocycles. The molecular formula is C24H19FN2O3S2. The van der Waals surface area contributed by atoms with Gasteiger partial charge in [-0.15, -0.1) is 11.3 Å². The second-order valence-electron chi connectivity index (χ2n) is 7.20. The van der Waals surface area contributed by atoms with E-state index in [1.54, 1.807) is 29.6 Å². The molecule has 0 bridgehead atoms. The second-order valence-corrected chi connectivity index (χ2v) is 10.1. The summed E-state index contributed by atoms with van der Waals surface area (Å²) < 4.78 is 37.2. The summed E-state index contributed by atoms with van der Waals surface area (Å²) in [5, 5.41) is 2.27. The molecule has 4 aromatic rings. The molecule has 1 heterocycles. The smallest absolute Gasteiger partial charge is 0.260 e. The van der Waals surface area contributed by atoms with Crippen LogP contribution in [0.15, 0.2) is 89.1 Å². The zero-order valence-electron chi connectivity index (χ0n) is 17.1. The van der Waals surface area contributed by atoms with Crippen molar-refractivity contribution < 1.29 is 17.6 Å². The van der Waals surface area contributed by atoms with Crippen LogP contribution >= 0.6 is 11.3 Å². The van der Waals surface area contributed by atoms with Gasteiger partial charge in [-0.05, 0) is 48.0 Å². The normalized spacial score (nSPS) is 11.3. The fourth-order valence-electron chi connectivity index (χ4n) is 3.15. The van der Waals surface area contributed by atoms with Crippen LogP contribution in [0, 0.1) is 5.82 Å². The minimum atomic E-state index is -3.46. The quantitative estimate of drug-likeness (QED) is 0.392. The SMILES string of the molecule is CS(=O)(=O)c1cccc(C(=O)N(Cc2ccccc2)c2nc(-c3ccc(F)cc3)cs2)c1. The molecule has 32 heavy (non-hydrogen) atoms. The van der Waals surface area contributed by atoms with Gasteiger partial charge in [-0.25, -0.2) is 17.8 Å². The summed E-state index contributed by atoms with van der Waals surface area (Å²) in [6, 6.07) is 21.4. The number of thiazole rings is 1. The van der Waals surface area contributed by atoms with E-state index in [4.69, 9.17) is 0 Å². The molecule has 0 saturated carbocycles. The summed E-state index contributed by atoms with van der Waals surface area (Å²) in [5.41, 5.74) is 2.52. The van der Waals surface area contributed by atoms with E-state index in [0.717, 1.165) is 17.4 Å². The highest BCUT2D eigenvalue weighted by molar-refractivity contribution is 7.90. The van der Waals surface area contributed by atoms with Gasteiger partial charge in [0.05, 0.1) is 17.1 Å². The minimum Gasteiger partial charge on any atom is -0.279 e. The van der Waals surface area contributed by atoms with Gasteiger partial charge in [0, 0.05) is 22.8 Å². The Morgan fingerprint density at radius 3 is 2.41 bits per heavy atom. The molecule has 4 rings (SSSR count). The average Bonchev–Trinajstić information content (AvgIpc) is 3.28. The fraction of sp³-hybridized carbons (Fsp3) is 0.0833. The maximum atomic E-state index is 13.5. The molecule has 8 heteroatoms. The Balaban J connectivity index is 1.73. The maximum Gasteiger partial charge on any atom is 0.260 e. The van der Waals surface area contributed by atoms with Gasteiger partial charge in [-0.1, -0.05) is 36.4 Å². The van der Waals surface area contributed by atoms with Crippen molar-refractivity contribution in [3.8, 4) is 11.3 Å². The first-order chi connectivity index (χ1) is 15.3. The Morgan fingerprint density at radius 2 is 1.72 bits per heavy atom. The average molecular weight is 467 g/mol. The lowest BCUT2D eigenvalue weighted by atomic mass is 10.1. The van der Waals surface area contributed by atoms with Crippen LogP contribution in [-0.4, -0.2) is 25.6 Å². The third-order valence-electron chi connectivity index (χ3n) is 4.80. The Labute approximate surface area is 189 Å². The van der Waals surface area contributed by atoms with Crippen LogP contribution in [0.1, 0.15) is 15.9 Å². The Kier molecular flexibility index (Phi) is 6.16. The van der Waals surface area contributed by atoms with Gasteiger partial charge in [0.2, 0.25) is 0 Å². The van der Waals surface area contributed by atoms with E-state index in [9.17, 15) is 17.6 Å². The van der Waals surface area contributed by atoms with Gasteiger partial charge in [0.1, 0.15) is 5.82 Å². The summed E-state index contributed by atoms with van der Waals surface area (Å²) in [7, 11) is -3.46. The number of amides is 1. The number of benzene rings is 3. The number of anilines is 1. The fourth-order valence-corrected chi connectivity index (χ4v) is 4.65. The van der Waals surface area contributed by atoms with Crippen LogP contribution in [0.4, 0.5) is 9.52 Å². The zero-order valence-corrected chi connectivity index (χ0v) is 18.7. The molecule has 1 aromatic heterocycles. The molecule has 0 atom stereocenters. The highest BCUT2D eigenvalue weighted by Gasteiger charge is 2.23. The Bertz CT molecular complexity index is 1350. The first-order valence-electron chi connectivity index (χ1n) is 9.68. The first kappa shape index (κ1) is 21.9. The minimum absolute atomic E-state index is 0.0779. The molecule has 0 unspecified atom stereocenters. The molecule has 5 nitrogen and oxygen atoms in total. The number of aromatic nitrogens is 1. The van der Waals surface area contributed by atoms with E-state index in [2.05, 4.69) is 4.98 Å². The van der Waals surface area contributed by atoms with E-state index in [0.29, 0.717) is 10.8 Å². The van der Waals surface area contributed by atoms with Gasteiger partial charge in [-0.2, -0.15) is 0 Å². The molecule has 0 fully saturated rings. The number of sulfone groups is 1. The van der Waals surface area contributed by atoms with Crippen molar-refractivity contribution in [1.29, 1.82) is 0 Å². The van der Waals surface area contributed by atoms with Gasteiger partial charge in [0.25, 0.3) is 5.91 Å². The van der Waals surface area contributed by atoms with E-state index < -0.39 is 9.84 Å². The van der Waals surface area contributed by atoms with Gasteiger partial charge in [-0.3, -0.25) is 9.69 Å². The monoisotopic (exact) mass is 466 g/mol. The lowest BCUT2D eigenvalue weighted by Gasteiger charge is -2.20. The molecule has 3 aromatic carbocycles. The predicted octanol–water partition coefficient (Wildman–Crippen LogP) is 5.20. The number of hydrogen-bond acceptors (Lipinski definition) is 5. The van der Waals surface area contributed by atoms with Crippen LogP contribution < -0.4 is 4.90 Å². The number of carbonyl (C=O) groups excluding carboxylic acids is 1. The predicted molar refractivity (Wildman–Crippen MR) is 124 cm³/mol. The van der Waals surface area contributed by atoms with Crippen molar-refractivity contribution in [2.75, 3.05) is 11.2 Å². The standard InChI is InChI=1S/C24H19FN2O3S2/c1-32(29,30)21-9-5-8-19(14-21)23(28)27(15-17-6-3-2-4-7-17)24-26-22(16-31-24)18-10-12-20(25)13-11-18/h2-14,16H,15H2,1H3. The lowest BCUT2D eigenvalue weighted by Crippen LogP contribution is -2.30. The molecular weight excluding hydrogens is 447 g/mol. The van der Waals surface area contributed by atoms with Crippen molar-refractivity contribution in [2.45, 2.75) is 11.4 Å². The number of halogens is 1. The molecule has 0 saturated heterocycles. The van der Waals surface area contributed by atoms with Crippen LogP contribution in [0.2, 0.25) is 0 Å². The van der Waals surface area contributed by atoms with Crippen molar-refractivity contribution in [2.24, 2.45) is 0 Å². The van der Waals surface area contributed by atoms with E-state index in [-0.39, 0.29) is 28.7 Å². The molecule has 0 spiro atoms. The lowest BCUT2D eigenvalue weighted by molar-refractivity contribution is 0.0985. The van der Waals surface area contributed by atoms with E-state index >= 15 is 0 Å². The molecule has 0 radical (unpaired) electrons. The van der Waals surface area contributed by atoms with Gasteiger partial charge >= 0.3 is 0 Å². The molecule has 0 N–H and O–H groups in total. The first-order valence-corrected chi connectivity index (χ1v) is 12.5. The summed E-state index contributed by atoms with van der Waals surface area (Å²) in [5.74, 6) is -0.699. The molecule has 162 valence electrons. The second kappa shape index (κ2) is 9.02. The Morgan fingerprint density at radius 1 is 1.00 bits per heavy atom. The van der Waals surface area contributed by atoms with Crippen LogP contribution in [-0.2, 0) is 16.4 Å². The van der Waals surface area contributed by atoms with Crippen molar-refractivity contribution in [1.82, 2.24) is 4.98 Å². The molecule has 0 aliphatic carbocycles. The van der Waals surface area contributed by atoms with Crippen LogP contribution in [0.3, 0.4) is 0 Å². The van der Waals surface area contributed by atoms with Gasteiger partial charge in [0.15, 0.2) is 15.0 Å². The molecule has 1 amide bonds. The van der Waals surface area contributed by atoms with Crippen molar-refractivity contribution >= 4 is 32.2 Å². The zero-order chi connectivity index (χ0) is 22.7. The third-order valence-corrected chi connectivity index (χ3v) is 6.77. The highest BCUT2D eigenvalue weighted by Crippen LogP contribution is 2.30. The third kappa shape index (κ3) is 4.92. The number of hydrogen-bond donors (Lipinski definition) is 0. The molecule has 0 aliphatic rings. The summed E-state index contributed by atoms with van der Waals surface area (Å²) in [6.45, 7) is 0.263. The summed E-state index contributed by atoms with van der Waals surface area (Å²) in [6.07, 6.45) is 1.11. The largest absolute Gasteiger partial charge is 0.279 e. The number of carbonyl (C=O) groups is 1. The van der Waals surface area contributed by atoms with Crippen LogP contribution in [0.25, 0.3) is 11.3 Å². The maximum absolute atomic E-state index is 13.5. The van der Waals surface area contributed by atoms with E-state index in [1.807, 2.05) is 30.3 Å². The summed E-state index contributed by atoms with van der Waals surface area (Å²) >= 11 is 1.29. The topological polar surface area (TPSA) is 67.3 Å². The number of rotatable bonds is 6. The van der Waals surface area contributed by atoms with Gasteiger partial charge < -0.3 is 0 Å². The van der Waals surface area contributed by atoms with E-state index in [1.165, 1.54) is 40.5 Å². The Hall–Kier alpha value is -3.36. The van der Waals surface area contributed by atoms with Crippen LogP contribution in [0.5, 0.6) is 0 Å². The van der Waals surface area contributed by atoms with Crippen molar-refractivity contribution in [3.63, 3.8) is 0 Å². The highest BCUT2D eigenvalue weighted by atomic mass is 32.2. The summed E-state index contributed by atoms with van der Waals surface area (Å²) in [4.78, 5) is 19.7. The number of nitrogens with zero attached hydrogens (tertiary/aromatic N) is 2.